The van der Waals surface area contributed by atoms with Crippen molar-refractivity contribution in [3.8, 4) is 0 Å². The molecule has 28 heavy (non-hydrogen) atoms. The predicted octanol–water partition coefficient (Wildman–Crippen LogP) is 3.12. The second kappa shape index (κ2) is 7.04. The monoisotopic (exact) mass is 378 g/mol. The van der Waals surface area contributed by atoms with E-state index in [0.717, 1.165) is 66.5 Å². The van der Waals surface area contributed by atoms with Gasteiger partial charge in [0.2, 0.25) is 5.91 Å². The lowest BCUT2D eigenvalue weighted by atomic mass is 10.0. The molecule has 3 aromatic rings. The van der Waals surface area contributed by atoms with E-state index in [9.17, 15) is 4.79 Å². The lowest BCUT2D eigenvalue weighted by Crippen LogP contribution is -2.50. The van der Waals surface area contributed by atoms with Gasteiger partial charge in [-0.1, -0.05) is 12.8 Å². The smallest absolute Gasteiger partial charge is 0.225 e. The summed E-state index contributed by atoms with van der Waals surface area (Å²) < 4.78 is 0. The molecule has 1 saturated heterocycles. The summed E-state index contributed by atoms with van der Waals surface area (Å²) in [5.41, 5.74) is 1.71. The second-order valence-electron chi connectivity index (χ2n) is 8.13. The van der Waals surface area contributed by atoms with Gasteiger partial charge in [-0.25, -0.2) is 15.0 Å². The molecule has 1 aliphatic carbocycles. The summed E-state index contributed by atoms with van der Waals surface area (Å²) in [7, 11) is 1.99. The van der Waals surface area contributed by atoms with Crippen LogP contribution in [-0.4, -0.2) is 56.9 Å². The lowest BCUT2D eigenvalue weighted by Gasteiger charge is -2.39. The average molecular weight is 378 g/mol. The highest BCUT2D eigenvalue weighted by Gasteiger charge is 2.32. The number of hydrogen-bond acceptors (Lipinski definition) is 5. The number of rotatable bonds is 3. The third kappa shape index (κ3) is 2.89. The summed E-state index contributed by atoms with van der Waals surface area (Å²) in [6, 6.07) is 2.27. The first kappa shape index (κ1) is 17.4. The molecule has 0 aromatic carbocycles. The van der Waals surface area contributed by atoms with Crippen LogP contribution in [0, 0.1) is 5.92 Å². The van der Waals surface area contributed by atoms with Gasteiger partial charge in [-0.2, -0.15) is 0 Å². The van der Waals surface area contributed by atoms with Crippen molar-refractivity contribution < 1.29 is 4.79 Å². The molecule has 1 aliphatic heterocycles. The van der Waals surface area contributed by atoms with Crippen LogP contribution in [0.1, 0.15) is 38.5 Å². The van der Waals surface area contributed by atoms with Crippen molar-refractivity contribution in [1.82, 2.24) is 24.8 Å². The fourth-order valence-electron chi connectivity index (χ4n) is 4.88. The Morgan fingerprint density at radius 1 is 1.18 bits per heavy atom. The minimum atomic E-state index is 0.228. The number of likely N-dealkylation sites (N-methyl/N-ethyl adjacent to an activating group) is 1. The number of H-pyrrole nitrogens is 1. The van der Waals surface area contributed by atoms with Crippen molar-refractivity contribution in [3.05, 3.63) is 24.8 Å². The molecular weight excluding hydrogens is 352 g/mol. The number of carbonyl (C=O) groups excluding carboxylic acids is 1. The molecule has 0 spiro atoms. The van der Waals surface area contributed by atoms with Crippen LogP contribution in [0.3, 0.4) is 0 Å². The number of amides is 1. The SMILES string of the molecule is CN(C(=O)C1CCCC1)C1CCCN(c2ncnc3cnc4[nH]ccc4c23)C1. The van der Waals surface area contributed by atoms with Gasteiger partial charge in [0.1, 0.15) is 17.8 Å². The molecule has 4 heterocycles. The summed E-state index contributed by atoms with van der Waals surface area (Å²) in [5, 5.41) is 2.09. The number of anilines is 1. The van der Waals surface area contributed by atoms with Crippen molar-refractivity contribution >= 4 is 33.7 Å². The minimum Gasteiger partial charge on any atom is -0.354 e. The predicted molar refractivity (Wildman–Crippen MR) is 109 cm³/mol. The van der Waals surface area contributed by atoms with Crippen molar-refractivity contribution in [3.63, 3.8) is 0 Å². The van der Waals surface area contributed by atoms with E-state index in [2.05, 4.69) is 24.8 Å². The maximum absolute atomic E-state index is 12.9. The Morgan fingerprint density at radius 3 is 2.89 bits per heavy atom. The highest BCUT2D eigenvalue weighted by Crippen LogP contribution is 2.32. The van der Waals surface area contributed by atoms with E-state index < -0.39 is 0 Å². The van der Waals surface area contributed by atoms with Gasteiger partial charge in [-0.3, -0.25) is 4.79 Å². The first-order chi connectivity index (χ1) is 13.7. The van der Waals surface area contributed by atoms with Crippen LogP contribution in [0.2, 0.25) is 0 Å². The van der Waals surface area contributed by atoms with E-state index in [4.69, 9.17) is 0 Å². The zero-order chi connectivity index (χ0) is 19.1. The summed E-state index contributed by atoms with van der Waals surface area (Å²) in [5.74, 6) is 1.50. The molecule has 5 rings (SSSR count). The molecule has 1 unspecified atom stereocenters. The Balaban J connectivity index is 1.45. The van der Waals surface area contributed by atoms with Gasteiger partial charge in [-0.05, 0) is 31.7 Å². The molecule has 1 amide bonds. The standard InChI is InChI=1S/C21H26N6O/c1-26(21(28)14-5-2-3-6-14)15-7-4-10-27(12-15)20-18-16-8-9-22-19(16)23-11-17(18)24-13-25-20/h8-9,11,13-15H,2-7,10,12H2,1H3,(H,22,23). The Morgan fingerprint density at radius 2 is 2.04 bits per heavy atom. The minimum absolute atomic E-state index is 0.228. The molecule has 7 heteroatoms. The number of nitrogens with zero attached hydrogens (tertiary/aromatic N) is 5. The summed E-state index contributed by atoms with van der Waals surface area (Å²) in [6.45, 7) is 1.76. The number of aromatic nitrogens is 4. The molecular formula is C21H26N6O. The fraction of sp³-hybridized carbons (Fsp3) is 0.524. The van der Waals surface area contributed by atoms with E-state index in [1.54, 1.807) is 12.5 Å². The van der Waals surface area contributed by atoms with Crippen LogP contribution in [-0.2, 0) is 4.79 Å². The van der Waals surface area contributed by atoms with Gasteiger partial charge in [0.15, 0.2) is 0 Å². The van der Waals surface area contributed by atoms with E-state index in [-0.39, 0.29) is 12.0 Å². The number of nitrogens with one attached hydrogen (secondary N) is 1. The molecule has 146 valence electrons. The number of aromatic amines is 1. The zero-order valence-electron chi connectivity index (χ0n) is 16.3. The molecule has 0 radical (unpaired) electrons. The van der Waals surface area contributed by atoms with Crippen LogP contribution in [0.15, 0.2) is 24.8 Å². The summed E-state index contributed by atoms with van der Waals surface area (Å²) in [4.78, 5) is 33.9. The van der Waals surface area contributed by atoms with Crippen LogP contribution in [0.25, 0.3) is 21.9 Å². The number of fused-ring (bicyclic) bond motifs is 3. The van der Waals surface area contributed by atoms with E-state index in [1.165, 1.54) is 12.8 Å². The summed E-state index contributed by atoms with van der Waals surface area (Å²) >= 11 is 0. The van der Waals surface area contributed by atoms with Gasteiger partial charge < -0.3 is 14.8 Å². The van der Waals surface area contributed by atoms with Crippen molar-refractivity contribution in [2.75, 3.05) is 25.0 Å². The quantitative estimate of drug-likeness (QED) is 0.758. The number of hydrogen-bond donors (Lipinski definition) is 1. The van der Waals surface area contributed by atoms with Gasteiger partial charge >= 0.3 is 0 Å². The Hall–Kier alpha value is -2.70. The maximum Gasteiger partial charge on any atom is 0.225 e. The van der Waals surface area contributed by atoms with Crippen LogP contribution < -0.4 is 4.90 Å². The van der Waals surface area contributed by atoms with Gasteiger partial charge in [0.25, 0.3) is 0 Å². The third-order valence-corrected chi connectivity index (χ3v) is 6.46. The van der Waals surface area contributed by atoms with Crippen LogP contribution >= 0.6 is 0 Å². The fourth-order valence-corrected chi connectivity index (χ4v) is 4.88. The van der Waals surface area contributed by atoms with E-state index in [0.29, 0.717) is 5.91 Å². The topological polar surface area (TPSA) is 78.0 Å². The lowest BCUT2D eigenvalue weighted by molar-refractivity contribution is -0.136. The highest BCUT2D eigenvalue weighted by atomic mass is 16.2. The Labute approximate surface area is 164 Å². The first-order valence-electron chi connectivity index (χ1n) is 10.3. The first-order valence-corrected chi connectivity index (χ1v) is 10.3. The largest absolute Gasteiger partial charge is 0.354 e. The van der Waals surface area contributed by atoms with Crippen molar-refractivity contribution in [2.45, 2.75) is 44.6 Å². The second-order valence-corrected chi connectivity index (χ2v) is 8.13. The van der Waals surface area contributed by atoms with E-state index in [1.807, 2.05) is 24.2 Å². The molecule has 1 saturated carbocycles. The zero-order valence-corrected chi connectivity index (χ0v) is 16.3. The van der Waals surface area contributed by atoms with Gasteiger partial charge in [0, 0.05) is 43.7 Å². The van der Waals surface area contributed by atoms with Crippen LogP contribution in [0.5, 0.6) is 0 Å². The molecule has 2 aliphatic rings. The molecule has 7 nitrogen and oxygen atoms in total. The molecule has 1 atom stereocenters. The van der Waals surface area contributed by atoms with Gasteiger partial charge in [-0.15, -0.1) is 0 Å². The molecule has 3 aromatic heterocycles. The third-order valence-electron chi connectivity index (χ3n) is 6.46. The van der Waals surface area contributed by atoms with E-state index >= 15 is 0 Å². The average Bonchev–Trinajstić information content (AvgIpc) is 3.44. The molecule has 2 fully saturated rings. The van der Waals surface area contributed by atoms with Crippen molar-refractivity contribution in [2.24, 2.45) is 5.92 Å². The Kier molecular flexibility index (Phi) is 4.37. The van der Waals surface area contributed by atoms with Gasteiger partial charge in [0.05, 0.1) is 17.1 Å². The summed E-state index contributed by atoms with van der Waals surface area (Å²) in [6.07, 6.45) is 11.9. The number of piperidine rings is 1. The van der Waals surface area contributed by atoms with Crippen molar-refractivity contribution in [1.29, 1.82) is 0 Å². The molecule has 1 N–H and O–H groups in total. The maximum atomic E-state index is 12.9. The van der Waals surface area contributed by atoms with Crippen LogP contribution in [0.4, 0.5) is 5.82 Å². The highest BCUT2D eigenvalue weighted by molar-refractivity contribution is 6.08. The number of carbonyl (C=O) groups is 1. The number of pyridine rings is 1. The normalized spacial score (nSPS) is 20.9. The Bertz CT molecular complexity index is 1010. The molecule has 0 bridgehead atoms.